The van der Waals surface area contributed by atoms with Gasteiger partial charge in [-0.25, -0.2) is 9.78 Å². The normalized spacial score (nSPS) is 10.5. The molecule has 6 heteroatoms. The quantitative estimate of drug-likeness (QED) is 0.730. The van der Waals surface area contributed by atoms with Crippen LogP contribution in [-0.4, -0.2) is 22.5 Å². The maximum absolute atomic E-state index is 12.4. The summed E-state index contributed by atoms with van der Waals surface area (Å²) in [5.74, 6) is -0.351. The lowest BCUT2D eigenvalue weighted by Gasteiger charge is -2.07. The molecule has 0 spiro atoms. The lowest BCUT2D eigenvalue weighted by Crippen LogP contribution is -2.19. The standard InChI is InChI=1S/C18H16N2O4/c1-2-23-18(22)13-10-19-14-8-9-15(20-16(14)17(13)21)24-11-12-6-4-3-5-7-12/h3-10H,2,11H2,1H3,(H,19,21). The van der Waals surface area contributed by atoms with Crippen LogP contribution < -0.4 is 10.2 Å². The summed E-state index contributed by atoms with van der Waals surface area (Å²) in [5.41, 5.74) is 1.12. The summed E-state index contributed by atoms with van der Waals surface area (Å²) in [5, 5.41) is 0. The van der Waals surface area contributed by atoms with Crippen LogP contribution >= 0.6 is 0 Å². The van der Waals surface area contributed by atoms with E-state index in [1.807, 2.05) is 30.3 Å². The zero-order valence-electron chi connectivity index (χ0n) is 13.1. The van der Waals surface area contributed by atoms with E-state index < -0.39 is 11.4 Å². The summed E-state index contributed by atoms with van der Waals surface area (Å²) in [6.45, 7) is 2.22. The summed E-state index contributed by atoms with van der Waals surface area (Å²) >= 11 is 0. The lowest BCUT2D eigenvalue weighted by molar-refractivity contribution is 0.0524. The molecular formula is C18H16N2O4. The zero-order valence-corrected chi connectivity index (χ0v) is 13.1. The third-order valence-corrected chi connectivity index (χ3v) is 3.43. The number of pyridine rings is 2. The van der Waals surface area contributed by atoms with E-state index in [0.29, 0.717) is 18.0 Å². The highest BCUT2D eigenvalue weighted by Crippen LogP contribution is 2.14. The van der Waals surface area contributed by atoms with Gasteiger partial charge in [0.05, 0.1) is 12.1 Å². The summed E-state index contributed by atoms with van der Waals surface area (Å²) in [6.07, 6.45) is 1.34. The molecule has 0 saturated heterocycles. The third kappa shape index (κ3) is 3.27. The van der Waals surface area contributed by atoms with E-state index in [9.17, 15) is 9.59 Å². The predicted octanol–water partition coefficient (Wildman–Crippen LogP) is 2.68. The number of carbonyl (C=O) groups excluding carboxylic acids is 1. The Labute approximate surface area is 138 Å². The number of benzene rings is 1. The highest BCUT2D eigenvalue weighted by Gasteiger charge is 2.15. The first-order chi connectivity index (χ1) is 11.7. The van der Waals surface area contributed by atoms with Gasteiger partial charge in [0.1, 0.15) is 17.7 Å². The Morgan fingerprint density at radius 3 is 2.71 bits per heavy atom. The van der Waals surface area contributed by atoms with Crippen molar-refractivity contribution in [1.29, 1.82) is 0 Å². The number of carbonyl (C=O) groups is 1. The highest BCUT2D eigenvalue weighted by atomic mass is 16.5. The SMILES string of the molecule is CCOC(=O)c1c[nH]c2ccc(OCc3ccccc3)nc2c1=O. The topological polar surface area (TPSA) is 81.3 Å². The van der Waals surface area contributed by atoms with Crippen LogP contribution in [0, 0.1) is 0 Å². The Bertz CT molecular complexity index is 919. The van der Waals surface area contributed by atoms with Gasteiger partial charge in [0.25, 0.3) is 0 Å². The van der Waals surface area contributed by atoms with Gasteiger partial charge in [0, 0.05) is 12.3 Å². The molecule has 0 aliphatic carbocycles. The second-order valence-electron chi connectivity index (χ2n) is 5.07. The molecule has 1 N–H and O–H groups in total. The van der Waals surface area contributed by atoms with E-state index in [2.05, 4.69) is 9.97 Å². The maximum atomic E-state index is 12.4. The largest absolute Gasteiger partial charge is 0.473 e. The minimum absolute atomic E-state index is 0.0722. The number of hydrogen-bond acceptors (Lipinski definition) is 5. The van der Waals surface area contributed by atoms with Crippen LogP contribution in [0.25, 0.3) is 11.0 Å². The molecule has 24 heavy (non-hydrogen) atoms. The average molecular weight is 324 g/mol. The van der Waals surface area contributed by atoms with Crippen molar-refractivity contribution in [2.75, 3.05) is 6.61 Å². The molecule has 0 fully saturated rings. The number of ether oxygens (including phenoxy) is 2. The Hall–Kier alpha value is -3.15. The van der Waals surface area contributed by atoms with Gasteiger partial charge in [0.2, 0.25) is 11.3 Å². The van der Waals surface area contributed by atoms with Gasteiger partial charge in [-0.2, -0.15) is 0 Å². The fraction of sp³-hybridized carbons (Fsp3) is 0.167. The lowest BCUT2D eigenvalue weighted by atomic mass is 10.2. The summed E-state index contributed by atoms with van der Waals surface area (Å²) in [7, 11) is 0. The number of aromatic nitrogens is 2. The Balaban J connectivity index is 1.90. The second kappa shape index (κ2) is 6.95. The summed E-state index contributed by atoms with van der Waals surface area (Å²) < 4.78 is 10.5. The Morgan fingerprint density at radius 1 is 1.17 bits per heavy atom. The van der Waals surface area contributed by atoms with Crippen LogP contribution in [-0.2, 0) is 11.3 Å². The number of rotatable bonds is 5. The molecule has 0 amide bonds. The number of nitrogens with zero attached hydrogens (tertiary/aromatic N) is 1. The molecule has 2 aromatic heterocycles. The van der Waals surface area contributed by atoms with Gasteiger partial charge in [-0.15, -0.1) is 0 Å². The molecule has 2 heterocycles. The van der Waals surface area contributed by atoms with Crippen LogP contribution in [0.2, 0.25) is 0 Å². The molecule has 3 rings (SSSR count). The van der Waals surface area contributed by atoms with Crippen LogP contribution in [0.15, 0.2) is 53.5 Å². The summed E-state index contributed by atoms with van der Waals surface area (Å²) in [6, 6.07) is 13.0. The number of esters is 1. The van der Waals surface area contributed by atoms with Gasteiger partial charge in [-0.05, 0) is 18.6 Å². The molecule has 0 aliphatic heterocycles. The molecule has 6 nitrogen and oxygen atoms in total. The molecule has 0 radical (unpaired) electrons. The van der Waals surface area contributed by atoms with Gasteiger partial charge in [0.15, 0.2) is 0 Å². The Morgan fingerprint density at radius 2 is 1.96 bits per heavy atom. The number of hydrogen-bond donors (Lipinski definition) is 1. The number of nitrogens with one attached hydrogen (secondary N) is 1. The molecule has 0 aliphatic rings. The van der Waals surface area contributed by atoms with Gasteiger partial charge < -0.3 is 14.5 Å². The van der Waals surface area contributed by atoms with Gasteiger partial charge in [-0.3, -0.25) is 4.79 Å². The molecule has 122 valence electrons. The zero-order chi connectivity index (χ0) is 16.9. The molecule has 0 bridgehead atoms. The van der Waals surface area contributed by atoms with Crippen molar-refractivity contribution in [2.24, 2.45) is 0 Å². The highest BCUT2D eigenvalue weighted by molar-refractivity contribution is 5.92. The molecule has 0 unspecified atom stereocenters. The van der Waals surface area contributed by atoms with Crippen molar-refractivity contribution in [3.8, 4) is 5.88 Å². The van der Waals surface area contributed by atoms with E-state index in [4.69, 9.17) is 9.47 Å². The van der Waals surface area contributed by atoms with Crippen molar-refractivity contribution in [1.82, 2.24) is 9.97 Å². The van der Waals surface area contributed by atoms with Gasteiger partial charge in [-0.1, -0.05) is 30.3 Å². The second-order valence-corrected chi connectivity index (χ2v) is 5.07. The fourth-order valence-electron chi connectivity index (χ4n) is 2.25. The first-order valence-corrected chi connectivity index (χ1v) is 7.55. The number of H-pyrrole nitrogens is 1. The first kappa shape index (κ1) is 15.7. The van der Waals surface area contributed by atoms with Crippen molar-refractivity contribution < 1.29 is 14.3 Å². The van der Waals surface area contributed by atoms with E-state index in [1.165, 1.54) is 6.20 Å². The molecule has 0 atom stereocenters. The van der Waals surface area contributed by atoms with Crippen molar-refractivity contribution in [2.45, 2.75) is 13.5 Å². The molecular weight excluding hydrogens is 308 g/mol. The fourth-order valence-corrected chi connectivity index (χ4v) is 2.25. The minimum atomic E-state index is -0.668. The van der Waals surface area contributed by atoms with E-state index in [0.717, 1.165) is 5.56 Å². The molecule has 3 aromatic rings. The third-order valence-electron chi connectivity index (χ3n) is 3.43. The number of aromatic amines is 1. The van der Waals surface area contributed by atoms with Crippen LogP contribution in [0.3, 0.4) is 0 Å². The van der Waals surface area contributed by atoms with Crippen LogP contribution in [0.5, 0.6) is 5.88 Å². The van der Waals surface area contributed by atoms with Crippen molar-refractivity contribution >= 4 is 17.0 Å². The summed E-state index contributed by atoms with van der Waals surface area (Å²) in [4.78, 5) is 31.3. The predicted molar refractivity (Wildman–Crippen MR) is 89.1 cm³/mol. The van der Waals surface area contributed by atoms with E-state index >= 15 is 0 Å². The number of fused-ring (bicyclic) bond motifs is 1. The Kier molecular flexibility index (Phi) is 4.56. The van der Waals surface area contributed by atoms with Crippen molar-refractivity contribution in [3.05, 3.63) is 70.0 Å². The van der Waals surface area contributed by atoms with E-state index in [1.54, 1.807) is 19.1 Å². The van der Waals surface area contributed by atoms with E-state index in [-0.39, 0.29) is 17.7 Å². The molecule has 0 saturated carbocycles. The minimum Gasteiger partial charge on any atom is -0.473 e. The van der Waals surface area contributed by atoms with Crippen LogP contribution in [0.4, 0.5) is 0 Å². The molecule has 1 aromatic carbocycles. The average Bonchev–Trinajstić information content (AvgIpc) is 2.61. The first-order valence-electron chi connectivity index (χ1n) is 7.55. The van der Waals surface area contributed by atoms with Crippen molar-refractivity contribution in [3.63, 3.8) is 0 Å². The smallest absolute Gasteiger partial charge is 0.343 e. The monoisotopic (exact) mass is 324 g/mol. The van der Waals surface area contributed by atoms with Gasteiger partial charge >= 0.3 is 5.97 Å². The maximum Gasteiger partial charge on any atom is 0.343 e. The van der Waals surface area contributed by atoms with Crippen LogP contribution in [0.1, 0.15) is 22.8 Å².